The van der Waals surface area contributed by atoms with E-state index >= 15 is 0 Å². The lowest BCUT2D eigenvalue weighted by atomic mass is 10.1. The molecule has 0 amide bonds. The fourth-order valence-corrected chi connectivity index (χ4v) is 3.64. The van der Waals surface area contributed by atoms with Gasteiger partial charge in [-0.2, -0.15) is 0 Å². The number of quaternary nitrogens is 1. The van der Waals surface area contributed by atoms with Gasteiger partial charge in [-0.25, -0.2) is 0 Å². The van der Waals surface area contributed by atoms with Crippen LogP contribution in [0.1, 0.15) is 123 Å². The molecule has 2 heteroatoms. The van der Waals surface area contributed by atoms with Crippen LogP contribution < -0.4 is 12.4 Å². The molecule has 0 rings (SSSR count). The van der Waals surface area contributed by atoms with Crippen molar-refractivity contribution >= 4 is 0 Å². The van der Waals surface area contributed by atoms with E-state index in [2.05, 4.69) is 27.9 Å². The van der Waals surface area contributed by atoms with Crippen molar-refractivity contribution in [3.05, 3.63) is 0 Å². The van der Waals surface area contributed by atoms with Crippen LogP contribution in [0.25, 0.3) is 0 Å². The van der Waals surface area contributed by atoms with Gasteiger partial charge >= 0.3 is 0 Å². The van der Waals surface area contributed by atoms with E-state index in [1.165, 1.54) is 127 Å². The molecule has 0 N–H and O–H groups in total. The second kappa shape index (κ2) is 20.6. The van der Waals surface area contributed by atoms with Gasteiger partial charge < -0.3 is 16.9 Å². The minimum absolute atomic E-state index is 0. The van der Waals surface area contributed by atoms with Crippen molar-refractivity contribution < 1.29 is 16.9 Å². The molecule has 0 aliphatic carbocycles. The monoisotopic (exact) mass is 375 g/mol. The molecule has 0 bridgehead atoms. The minimum Gasteiger partial charge on any atom is -1.00 e. The quantitative estimate of drug-likeness (QED) is 0.226. The van der Waals surface area contributed by atoms with E-state index in [0.29, 0.717) is 0 Å². The first-order valence-corrected chi connectivity index (χ1v) is 11.4. The van der Waals surface area contributed by atoms with Crippen LogP contribution in [0.2, 0.25) is 0 Å². The largest absolute Gasteiger partial charge is 1.00 e. The van der Waals surface area contributed by atoms with Crippen molar-refractivity contribution in [1.82, 2.24) is 0 Å². The second-order valence-corrected chi connectivity index (χ2v) is 8.69. The van der Waals surface area contributed by atoms with Crippen LogP contribution in [0, 0.1) is 0 Å². The minimum atomic E-state index is 0. The predicted octanol–water partition coefficient (Wildman–Crippen LogP) is 4.74. The van der Waals surface area contributed by atoms with Gasteiger partial charge in [-0.1, -0.05) is 97.3 Å². The first-order valence-electron chi connectivity index (χ1n) is 11.4. The third-order valence-corrected chi connectivity index (χ3v) is 5.48. The highest BCUT2D eigenvalue weighted by atomic mass is 35.5. The molecule has 0 atom stereocenters. The van der Waals surface area contributed by atoms with Crippen molar-refractivity contribution in [1.29, 1.82) is 0 Å². The van der Waals surface area contributed by atoms with Gasteiger partial charge in [0.15, 0.2) is 0 Å². The first kappa shape index (κ1) is 27.5. The Morgan fingerprint density at radius 1 is 0.400 bits per heavy atom. The lowest BCUT2D eigenvalue weighted by molar-refractivity contribution is -0.890. The summed E-state index contributed by atoms with van der Waals surface area (Å²) in [5, 5.41) is 0. The maximum Gasteiger partial charge on any atom is 0.0782 e. The number of hydrogen-bond acceptors (Lipinski definition) is 0. The number of rotatable bonds is 19. The number of nitrogens with zero attached hydrogens (tertiary/aromatic N) is 1. The van der Waals surface area contributed by atoms with Crippen LogP contribution in [0.15, 0.2) is 0 Å². The molecule has 0 fully saturated rings. The molecule has 0 radical (unpaired) electrons. The Hall–Kier alpha value is 0.250. The molecule has 0 unspecified atom stereocenters. The van der Waals surface area contributed by atoms with E-state index in [9.17, 15) is 0 Å². The Labute approximate surface area is 167 Å². The van der Waals surface area contributed by atoms with Crippen LogP contribution in [-0.4, -0.2) is 31.7 Å². The zero-order valence-corrected chi connectivity index (χ0v) is 19.0. The fraction of sp³-hybridized carbons (Fsp3) is 1.00. The van der Waals surface area contributed by atoms with Crippen LogP contribution in [0.3, 0.4) is 0 Å². The summed E-state index contributed by atoms with van der Waals surface area (Å²) in [5.41, 5.74) is 0. The molecule has 25 heavy (non-hydrogen) atoms. The van der Waals surface area contributed by atoms with Gasteiger partial charge in [0.05, 0.1) is 27.2 Å². The van der Waals surface area contributed by atoms with Gasteiger partial charge in [-0.05, 0) is 25.7 Å². The molecular weight excluding hydrogens is 326 g/mol. The highest BCUT2D eigenvalue weighted by Crippen LogP contribution is 2.13. The zero-order valence-electron chi connectivity index (χ0n) is 18.3. The van der Waals surface area contributed by atoms with Crippen molar-refractivity contribution in [2.75, 3.05) is 27.2 Å². The fourth-order valence-electron chi connectivity index (χ4n) is 3.64. The van der Waals surface area contributed by atoms with E-state index in [-0.39, 0.29) is 12.4 Å². The van der Waals surface area contributed by atoms with Crippen molar-refractivity contribution in [3.8, 4) is 0 Å². The summed E-state index contributed by atoms with van der Waals surface area (Å²) in [7, 11) is 4.87. The maximum absolute atomic E-state index is 2.44. The highest BCUT2D eigenvalue weighted by molar-refractivity contribution is 4.49. The van der Waals surface area contributed by atoms with Gasteiger partial charge in [0, 0.05) is 0 Å². The summed E-state index contributed by atoms with van der Waals surface area (Å²) < 4.78 is 1.24. The first-order chi connectivity index (χ1) is 11.6. The molecule has 0 aromatic heterocycles. The Morgan fingerprint density at radius 3 is 0.920 bits per heavy atom. The number of unbranched alkanes of at least 4 members (excludes halogenated alkanes) is 15. The molecule has 0 heterocycles. The summed E-state index contributed by atoms with van der Waals surface area (Å²) in [6.07, 6.45) is 24.5. The SMILES string of the molecule is CCCCCCCCCCCC[N+](C)(C)CCCCCCCCC.[Cl-]. The normalized spacial score (nSPS) is 11.5. The van der Waals surface area contributed by atoms with Crippen LogP contribution in [-0.2, 0) is 0 Å². The summed E-state index contributed by atoms with van der Waals surface area (Å²) in [4.78, 5) is 0. The Bertz CT molecular complexity index is 240. The summed E-state index contributed by atoms with van der Waals surface area (Å²) >= 11 is 0. The van der Waals surface area contributed by atoms with E-state index in [4.69, 9.17) is 0 Å². The van der Waals surface area contributed by atoms with Crippen LogP contribution in [0.4, 0.5) is 0 Å². The molecule has 0 aliphatic heterocycles. The van der Waals surface area contributed by atoms with E-state index < -0.39 is 0 Å². The average molecular weight is 376 g/mol. The average Bonchev–Trinajstić information content (AvgIpc) is 2.55. The van der Waals surface area contributed by atoms with E-state index in [1.54, 1.807) is 0 Å². The predicted molar refractivity (Wildman–Crippen MR) is 112 cm³/mol. The van der Waals surface area contributed by atoms with Gasteiger partial charge in [0.2, 0.25) is 0 Å². The molecule has 0 aromatic rings. The van der Waals surface area contributed by atoms with Crippen molar-refractivity contribution in [2.24, 2.45) is 0 Å². The highest BCUT2D eigenvalue weighted by Gasteiger charge is 2.13. The van der Waals surface area contributed by atoms with E-state index in [1.807, 2.05) is 0 Å². The van der Waals surface area contributed by atoms with Gasteiger partial charge in [0.25, 0.3) is 0 Å². The Kier molecular flexibility index (Phi) is 22.6. The molecule has 0 aliphatic rings. The summed E-state index contributed by atoms with van der Waals surface area (Å²) in [6, 6.07) is 0. The maximum atomic E-state index is 2.44. The standard InChI is InChI=1S/C23H50N.ClH/c1-5-7-9-11-13-14-15-17-19-21-23-24(3,4)22-20-18-16-12-10-8-6-2;/h5-23H2,1-4H3;1H/q+1;/p-1. The van der Waals surface area contributed by atoms with Gasteiger partial charge in [-0.15, -0.1) is 0 Å². The van der Waals surface area contributed by atoms with Gasteiger partial charge in [-0.3, -0.25) is 0 Å². The van der Waals surface area contributed by atoms with Crippen LogP contribution >= 0.6 is 0 Å². The summed E-state index contributed by atoms with van der Waals surface area (Å²) in [6.45, 7) is 7.36. The topological polar surface area (TPSA) is 0 Å². The molecule has 0 spiro atoms. The molecular formula is C23H50ClN. The number of hydrogen-bond donors (Lipinski definition) is 0. The lowest BCUT2D eigenvalue weighted by Gasteiger charge is -2.30. The Balaban J connectivity index is 0. The van der Waals surface area contributed by atoms with Crippen molar-refractivity contribution in [2.45, 2.75) is 123 Å². The molecule has 0 aromatic carbocycles. The zero-order chi connectivity index (χ0) is 17.9. The summed E-state index contributed by atoms with van der Waals surface area (Å²) in [5.74, 6) is 0. The molecule has 0 saturated carbocycles. The van der Waals surface area contributed by atoms with Crippen LogP contribution in [0.5, 0.6) is 0 Å². The molecule has 154 valence electrons. The molecule has 1 nitrogen and oxygen atoms in total. The Morgan fingerprint density at radius 2 is 0.640 bits per heavy atom. The third-order valence-electron chi connectivity index (χ3n) is 5.48. The smallest absolute Gasteiger partial charge is 0.0782 e. The van der Waals surface area contributed by atoms with Gasteiger partial charge in [0.1, 0.15) is 0 Å². The molecule has 0 saturated heterocycles. The van der Waals surface area contributed by atoms with E-state index in [0.717, 1.165) is 0 Å². The lowest BCUT2D eigenvalue weighted by Crippen LogP contribution is -3.00. The third kappa shape index (κ3) is 22.2. The van der Waals surface area contributed by atoms with Crippen molar-refractivity contribution in [3.63, 3.8) is 0 Å². The second-order valence-electron chi connectivity index (χ2n) is 8.69. The number of halogens is 1.